The summed E-state index contributed by atoms with van der Waals surface area (Å²) in [6, 6.07) is 3.71. The van der Waals surface area contributed by atoms with Gasteiger partial charge < -0.3 is 11.1 Å². The van der Waals surface area contributed by atoms with Gasteiger partial charge in [-0.3, -0.25) is 0 Å². The summed E-state index contributed by atoms with van der Waals surface area (Å²) in [7, 11) is 0. The maximum absolute atomic E-state index is 5.56. The van der Waals surface area contributed by atoms with Gasteiger partial charge in [-0.2, -0.15) is 0 Å². The van der Waals surface area contributed by atoms with Crippen LogP contribution >= 0.6 is 0 Å². The number of fused-ring (bicyclic) bond motifs is 1. The lowest BCUT2D eigenvalue weighted by atomic mass is 10.0. The van der Waals surface area contributed by atoms with Crippen molar-refractivity contribution >= 4 is 11.5 Å². The molecule has 1 unspecified atom stereocenters. The van der Waals surface area contributed by atoms with E-state index in [1.165, 1.54) is 4.63 Å². The first-order chi connectivity index (χ1) is 8.33. The lowest BCUT2D eigenvalue weighted by molar-refractivity contribution is 0.500. The molecule has 0 bridgehead atoms. The summed E-state index contributed by atoms with van der Waals surface area (Å²) in [5.74, 6) is 1.35. The Labute approximate surface area is 99.4 Å². The van der Waals surface area contributed by atoms with Gasteiger partial charge in [0.05, 0.1) is 0 Å². The predicted molar refractivity (Wildman–Crippen MR) is 64.5 cm³/mol. The standard InChI is InChI=1S/C10H17N7/c1-2-8(5-6-11)7-12-9-3-4-10-13-15-16-17(10)14-9/h3-4,8H,2,5-7,11H2,1H3,(H,12,14). The van der Waals surface area contributed by atoms with E-state index in [-0.39, 0.29) is 0 Å². The van der Waals surface area contributed by atoms with Gasteiger partial charge in [-0.05, 0) is 41.4 Å². The number of hydrogen-bond donors (Lipinski definition) is 2. The second-order valence-electron chi connectivity index (χ2n) is 3.98. The fraction of sp³-hybridized carbons (Fsp3) is 0.600. The van der Waals surface area contributed by atoms with E-state index in [1.54, 1.807) is 0 Å². The number of anilines is 1. The smallest absolute Gasteiger partial charge is 0.200 e. The summed E-state index contributed by atoms with van der Waals surface area (Å²) in [6.45, 7) is 3.76. The van der Waals surface area contributed by atoms with Crippen LogP contribution in [-0.4, -0.2) is 38.3 Å². The number of tetrazole rings is 1. The van der Waals surface area contributed by atoms with Gasteiger partial charge in [0.1, 0.15) is 5.82 Å². The van der Waals surface area contributed by atoms with Crippen molar-refractivity contribution in [1.82, 2.24) is 25.3 Å². The van der Waals surface area contributed by atoms with Crippen LogP contribution in [0, 0.1) is 5.92 Å². The van der Waals surface area contributed by atoms with E-state index in [1.807, 2.05) is 12.1 Å². The Bertz CT molecular complexity index is 466. The molecular weight excluding hydrogens is 218 g/mol. The predicted octanol–water partition coefficient (Wildman–Crippen LogP) is 0.306. The van der Waals surface area contributed by atoms with Gasteiger partial charge in [0.25, 0.3) is 0 Å². The third kappa shape index (κ3) is 2.88. The molecule has 0 aliphatic rings. The number of nitrogens with zero attached hydrogens (tertiary/aromatic N) is 5. The molecule has 2 aromatic rings. The summed E-state index contributed by atoms with van der Waals surface area (Å²) in [4.78, 5) is 0. The molecule has 2 heterocycles. The van der Waals surface area contributed by atoms with E-state index in [9.17, 15) is 0 Å². The fourth-order valence-corrected chi connectivity index (χ4v) is 1.68. The topological polar surface area (TPSA) is 94.0 Å². The number of aromatic nitrogens is 5. The summed E-state index contributed by atoms with van der Waals surface area (Å²) < 4.78 is 1.41. The highest BCUT2D eigenvalue weighted by Gasteiger charge is 2.06. The van der Waals surface area contributed by atoms with Crippen LogP contribution in [0.25, 0.3) is 5.65 Å². The first-order valence-corrected chi connectivity index (χ1v) is 5.83. The van der Waals surface area contributed by atoms with Crippen LogP contribution < -0.4 is 11.1 Å². The zero-order valence-electron chi connectivity index (χ0n) is 9.87. The largest absolute Gasteiger partial charge is 0.368 e. The minimum absolute atomic E-state index is 0.575. The van der Waals surface area contributed by atoms with Crippen LogP contribution in [0.2, 0.25) is 0 Å². The Morgan fingerprint density at radius 3 is 3.12 bits per heavy atom. The number of rotatable bonds is 6. The van der Waals surface area contributed by atoms with Gasteiger partial charge >= 0.3 is 0 Å². The molecular formula is C10H17N7. The van der Waals surface area contributed by atoms with Crippen molar-refractivity contribution in [3.63, 3.8) is 0 Å². The van der Waals surface area contributed by atoms with Gasteiger partial charge in [0, 0.05) is 6.54 Å². The molecule has 0 aromatic carbocycles. The minimum Gasteiger partial charge on any atom is -0.368 e. The lowest BCUT2D eigenvalue weighted by Crippen LogP contribution is -2.18. The fourth-order valence-electron chi connectivity index (χ4n) is 1.68. The van der Waals surface area contributed by atoms with Crippen LogP contribution in [0.5, 0.6) is 0 Å². The second-order valence-corrected chi connectivity index (χ2v) is 3.98. The minimum atomic E-state index is 0.575. The van der Waals surface area contributed by atoms with Crippen molar-refractivity contribution in [1.29, 1.82) is 0 Å². The quantitative estimate of drug-likeness (QED) is 0.748. The Morgan fingerprint density at radius 2 is 2.35 bits per heavy atom. The van der Waals surface area contributed by atoms with Crippen LogP contribution in [-0.2, 0) is 0 Å². The molecule has 92 valence electrons. The first-order valence-electron chi connectivity index (χ1n) is 5.83. The first kappa shape index (κ1) is 11.7. The zero-order valence-corrected chi connectivity index (χ0v) is 9.87. The van der Waals surface area contributed by atoms with Crippen LogP contribution in [0.4, 0.5) is 5.82 Å². The maximum Gasteiger partial charge on any atom is 0.200 e. The molecule has 0 saturated carbocycles. The summed E-state index contributed by atoms with van der Waals surface area (Å²) >= 11 is 0. The molecule has 0 fully saturated rings. The average Bonchev–Trinajstić information content (AvgIpc) is 2.81. The molecule has 2 rings (SSSR count). The third-order valence-electron chi connectivity index (χ3n) is 2.79. The molecule has 3 N–H and O–H groups in total. The van der Waals surface area contributed by atoms with E-state index in [0.717, 1.165) is 31.7 Å². The van der Waals surface area contributed by atoms with Crippen molar-refractivity contribution in [2.45, 2.75) is 19.8 Å². The Kier molecular flexibility index (Phi) is 3.81. The number of nitrogens with one attached hydrogen (secondary N) is 1. The van der Waals surface area contributed by atoms with Gasteiger partial charge in [-0.25, -0.2) is 0 Å². The van der Waals surface area contributed by atoms with E-state index < -0.39 is 0 Å². The monoisotopic (exact) mass is 235 g/mol. The third-order valence-corrected chi connectivity index (χ3v) is 2.79. The zero-order chi connectivity index (χ0) is 12.1. The summed E-state index contributed by atoms with van der Waals surface area (Å²) in [5.41, 5.74) is 6.20. The van der Waals surface area contributed by atoms with Crippen molar-refractivity contribution in [3.05, 3.63) is 12.1 Å². The highest BCUT2D eigenvalue weighted by molar-refractivity contribution is 5.41. The summed E-state index contributed by atoms with van der Waals surface area (Å²) in [5, 5.41) is 18.6. The molecule has 0 spiro atoms. The van der Waals surface area contributed by atoms with Crippen molar-refractivity contribution in [3.8, 4) is 0 Å². The second kappa shape index (κ2) is 5.53. The van der Waals surface area contributed by atoms with Crippen LogP contribution in [0.3, 0.4) is 0 Å². The average molecular weight is 235 g/mol. The van der Waals surface area contributed by atoms with Crippen LogP contribution in [0.1, 0.15) is 19.8 Å². The number of hydrogen-bond acceptors (Lipinski definition) is 6. The normalized spacial score (nSPS) is 12.8. The van der Waals surface area contributed by atoms with Crippen LogP contribution in [0.15, 0.2) is 12.1 Å². The molecule has 0 aliphatic carbocycles. The summed E-state index contributed by atoms with van der Waals surface area (Å²) in [6.07, 6.45) is 2.13. The van der Waals surface area contributed by atoms with E-state index in [4.69, 9.17) is 5.73 Å². The van der Waals surface area contributed by atoms with Crippen molar-refractivity contribution in [2.24, 2.45) is 11.7 Å². The molecule has 0 saturated heterocycles. The highest BCUT2D eigenvalue weighted by Crippen LogP contribution is 2.09. The molecule has 17 heavy (non-hydrogen) atoms. The highest BCUT2D eigenvalue weighted by atomic mass is 15.6. The molecule has 2 aromatic heterocycles. The lowest BCUT2D eigenvalue weighted by Gasteiger charge is -2.14. The molecule has 1 atom stereocenters. The van der Waals surface area contributed by atoms with Gasteiger partial charge in [0.15, 0.2) is 5.65 Å². The number of nitrogens with two attached hydrogens (primary N) is 1. The Hall–Kier alpha value is -1.76. The maximum atomic E-state index is 5.56. The van der Waals surface area contributed by atoms with E-state index in [0.29, 0.717) is 11.6 Å². The van der Waals surface area contributed by atoms with Gasteiger partial charge in [-0.15, -0.1) is 14.8 Å². The molecule has 7 heteroatoms. The van der Waals surface area contributed by atoms with E-state index >= 15 is 0 Å². The molecule has 0 amide bonds. The molecule has 0 aliphatic heterocycles. The molecule has 0 radical (unpaired) electrons. The Balaban J connectivity index is 1.97. The van der Waals surface area contributed by atoms with Gasteiger partial charge in [0.2, 0.25) is 0 Å². The van der Waals surface area contributed by atoms with Crippen molar-refractivity contribution < 1.29 is 0 Å². The van der Waals surface area contributed by atoms with Gasteiger partial charge in [-0.1, -0.05) is 13.3 Å². The SMILES string of the molecule is CCC(CCN)CNc1ccc2nnnn2n1. The Morgan fingerprint density at radius 1 is 1.47 bits per heavy atom. The molecule has 7 nitrogen and oxygen atoms in total. The van der Waals surface area contributed by atoms with E-state index in [2.05, 4.69) is 32.9 Å². The van der Waals surface area contributed by atoms with Crippen molar-refractivity contribution in [2.75, 3.05) is 18.4 Å².